The summed E-state index contributed by atoms with van der Waals surface area (Å²) < 4.78 is 5.41. The lowest BCUT2D eigenvalue weighted by Crippen LogP contribution is -2.51. The summed E-state index contributed by atoms with van der Waals surface area (Å²) in [6.07, 6.45) is 1.29. The Kier molecular flexibility index (Phi) is 5.70. The molecular formula is C23H24N2O5. The van der Waals surface area contributed by atoms with Gasteiger partial charge in [-0.05, 0) is 41.5 Å². The number of hydrogen-bond donors (Lipinski definition) is 2. The van der Waals surface area contributed by atoms with E-state index >= 15 is 0 Å². The number of carboxylic acid groups (broad SMARTS) is 1. The zero-order valence-corrected chi connectivity index (χ0v) is 16.5. The molecule has 1 aliphatic heterocycles. The molecule has 0 aromatic heterocycles. The maximum atomic E-state index is 12.4. The Hall–Kier alpha value is -3.35. The van der Waals surface area contributed by atoms with Gasteiger partial charge < -0.3 is 20.1 Å². The van der Waals surface area contributed by atoms with Gasteiger partial charge in [-0.2, -0.15) is 0 Å². The van der Waals surface area contributed by atoms with Crippen LogP contribution in [0, 0.1) is 0 Å². The van der Waals surface area contributed by atoms with E-state index in [4.69, 9.17) is 4.74 Å². The molecule has 1 unspecified atom stereocenters. The number of piperidine rings is 1. The number of alkyl carbamates (subject to hydrolysis) is 1. The van der Waals surface area contributed by atoms with Crippen molar-refractivity contribution in [2.75, 3.05) is 19.7 Å². The lowest BCUT2D eigenvalue weighted by atomic mass is 9.98. The molecule has 1 aliphatic carbocycles. The topological polar surface area (TPSA) is 95.9 Å². The number of nitrogens with one attached hydrogen (secondary N) is 1. The number of carbonyl (C=O) groups excluding carboxylic acids is 2. The van der Waals surface area contributed by atoms with E-state index in [0.29, 0.717) is 13.0 Å². The lowest BCUT2D eigenvalue weighted by Gasteiger charge is -2.32. The maximum Gasteiger partial charge on any atom is 0.407 e. The molecule has 1 atom stereocenters. The van der Waals surface area contributed by atoms with Gasteiger partial charge in [0, 0.05) is 12.5 Å². The first-order valence-electron chi connectivity index (χ1n) is 10.2. The molecule has 0 spiro atoms. The maximum absolute atomic E-state index is 12.4. The quantitative estimate of drug-likeness (QED) is 0.793. The van der Waals surface area contributed by atoms with E-state index in [1.807, 2.05) is 36.4 Å². The van der Waals surface area contributed by atoms with Crippen LogP contribution in [0.1, 0.15) is 36.3 Å². The third kappa shape index (κ3) is 3.87. The molecule has 0 bridgehead atoms. The van der Waals surface area contributed by atoms with Crippen molar-refractivity contribution in [1.82, 2.24) is 10.2 Å². The summed E-state index contributed by atoms with van der Waals surface area (Å²) in [5.74, 6) is -1.47. The van der Waals surface area contributed by atoms with Gasteiger partial charge >= 0.3 is 12.1 Å². The number of nitrogens with zero attached hydrogens (tertiary/aromatic N) is 1. The number of rotatable bonds is 5. The number of carbonyl (C=O) groups is 3. The van der Waals surface area contributed by atoms with Crippen LogP contribution in [0.15, 0.2) is 48.5 Å². The van der Waals surface area contributed by atoms with Gasteiger partial charge in [-0.15, -0.1) is 0 Å². The van der Waals surface area contributed by atoms with Gasteiger partial charge in [0.1, 0.15) is 19.2 Å². The Balaban J connectivity index is 1.34. The number of aliphatic carboxylic acids is 1. The predicted octanol–water partition coefficient (Wildman–Crippen LogP) is 2.99. The van der Waals surface area contributed by atoms with E-state index in [9.17, 15) is 19.5 Å². The highest BCUT2D eigenvalue weighted by Crippen LogP contribution is 2.44. The number of hydrogen-bond acceptors (Lipinski definition) is 4. The van der Waals surface area contributed by atoms with Crippen molar-refractivity contribution in [3.63, 3.8) is 0 Å². The summed E-state index contributed by atoms with van der Waals surface area (Å²) in [7, 11) is 0. The second kappa shape index (κ2) is 8.57. The number of ether oxygens (including phenoxy) is 1. The van der Waals surface area contributed by atoms with Crippen LogP contribution in [-0.2, 0) is 14.3 Å². The number of likely N-dealkylation sites (tertiary alicyclic amines) is 1. The normalized spacial score (nSPS) is 17.7. The van der Waals surface area contributed by atoms with Crippen molar-refractivity contribution in [3.05, 3.63) is 59.7 Å². The summed E-state index contributed by atoms with van der Waals surface area (Å²) in [5.41, 5.74) is 4.50. The van der Waals surface area contributed by atoms with Crippen LogP contribution in [0.5, 0.6) is 0 Å². The highest BCUT2D eigenvalue weighted by Gasteiger charge is 2.32. The third-order valence-corrected chi connectivity index (χ3v) is 5.84. The molecule has 7 nitrogen and oxygen atoms in total. The first-order chi connectivity index (χ1) is 14.6. The molecule has 2 N–H and O–H groups in total. The zero-order chi connectivity index (χ0) is 21.1. The Morgan fingerprint density at radius 1 is 1.00 bits per heavy atom. The molecule has 2 aromatic carbocycles. The fourth-order valence-corrected chi connectivity index (χ4v) is 4.39. The molecule has 2 aliphatic rings. The highest BCUT2D eigenvalue weighted by atomic mass is 16.5. The summed E-state index contributed by atoms with van der Waals surface area (Å²) >= 11 is 0. The van der Waals surface area contributed by atoms with Gasteiger partial charge in [-0.3, -0.25) is 4.79 Å². The van der Waals surface area contributed by atoms with Gasteiger partial charge in [0.2, 0.25) is 5.91 Å². The molecule has 2 amide bonds. The highest BCUT2D eigenvalue weighted by molar-refractivity contribution is 5.87. The van der Waals surface area contributed by atoms with Crippen molar-refractivity contribution >= 4 is 18.0 Å². The second-order valence-corrected chi connectivity index (χ2v) is 7.62. The smallest absolute Gasteiger partial charge is 0.407 e. The van der Waals surface area contributed by atoms with Gasteiger partial charge in [0.05, 0.1) is 0 Å². The minimum Gasteiger partial charge on any atom is -0.480 e. The lowest BCUT2D eigenvalue weighted by molar-refractivity contribution is -0.151. The molecule has 1 heterocycles. The van der Waals surface area contributed by atoms with Crippen molar-refractivity contribution in [2.45, 2.75) is 31.2 Å². The zero-order valence-electron chi connectivity index (χ0n) is 16.5. The summed E-state index contributed by atoms with van der Waals surface area (Å²) in [6.45, 7) is 0.276. The largest absolute Gasteiger partial charge is 0.480 e. The van der Waals surface area contributed by atoms with Gasteiger partial charge in [0.15, 0.2) is 0 Å². The first kappa shape index (κ1) is 19.9. The van der Waals surface area contributed by atoms with Crippen LogP contribution in [0.3, 0.4) is 0 Å². The van der Waals surface area contributed by atoms with Crippen molar-refractivity contribution in [1.29, 1.82) is 0 Å². The van der Waals surface area contributed by atoms with E-state index < -0.39 is 24.0 Å². The van der Waals surface area contributed by atoms with Crippen LogP contribution in [0.25, 0.3) is 11.1 Å². The van der Waals surface area contributed by atoms with Gasteiger partial charge in [-0.25, -0.2) is 9.59 Å². The van der Waals surface area contributed by atoms with Crippen LogP contribution in [0.4, 0.5) is 4.79 Å². The molecule has 4 rings (SSSR count). The van der Waals surface area contributed by atoms with Gasteiger partial charge in [0.25, 0.3) is 0 Å². The second-order valence-electron chi connectivity index (χ2n) is 7.62. The number of carboxylic acids is 1. The summed E-state index contributed by atoms with van der Waals surface area (Å²) in [5, 5.41) is 11.8. The molecular weight excluding hydrogens is 384 g/mol. The molecule has 1 fully saturated rings. The Bertz CT molecular complexity index is 928. The minimum absolute atomic E-state index is 0.0580. The Labute approximate surface area is 174 Å². The first-order valence-corrected chi connectivity index (χ1v) is 10.2. The fourth-order valence-electron chi connectivity index (χ4n) is 4.39. The van der Waals surface area contributed by atoms with E-state index in [-0.39, 0.29) is 19.1 Å². The van der Waals surface area contributed by atoms with E-state index in [2.05, 4.69) is 17.4 Å². The third-order valence-electron chi connectivity index (χ3n) is 5.84. The molecule has 1 saturated heterocycles. The SMILES string of the molecule is O=C(NCC(=O)N1CCCCC1C(=O)O)OCC1c2ccccc2-c2ccccc21. The van der Waals surface area contributed by atoms with Crippen molar-refractivity contribution in [3.8, 4) is 11.1 Å². The molecule has 0 radical (unpaired) electrons. The predicted molar refractivity (Wildman–Crippen MR) is 110 cm³/mol. The van der Waals surface area contributed by atoms with Crippen molar-refractivity contribution < 1.29 is 24.2 Å². The number of benzene rings is 2. The Morgan fingerprint density at radius 2 is 1.63 bits per heavy atom. The van der Waals surface area contributed by atoms with Crippen LogP contribution >= 0.6 is 0 Å². The molecule has 0 saturated carbocycles. The average molecular weight is 408 g/mol. The van der Waals surface area contributed by atoms with Crippen LogP contribution in [0.2, 0.25) is 0 Å². The average Bonchev–Trinajstić information content (AvgIpc) is 3.10. The van der Waals surface area contributed by atoms with Gasteiger partial charge in [-0.1, -0.05) is 48.5 Å². The van der Waals surface area contributed by atoms with Crippen LogP contribution in [-0.4, -0.2) is 53.7 Å². The summed E-state index contributed by atoms with van der Waals surface area (Å²) in [4.78, 5) is 37.3. The summed E-state index contributed by atoms with van der Waals surface area (Å²) in [6, 6.07) is 15.3. The number of fused-ring (bicyclic) bond motifs is 3. The molecule has 2 aromatic rings. The monoisotopic (exact) mass is 408 g/mol. The molecule has 30 heavy (non-hydrogen) atoms. The van der Waals surface area contributed by atoms with Crippen molar-refractivity contribution in [2.24, 2.45) is 0 Å². The van der Waals surface area contributed by atoms with E-state index in [1.54, 1.807) is 0 Å². The Morgan fingerprint density at radius 3 is 2.27 bits per heavy atom. The van der Waals surface area contributed by atoms with E-state index in [1.165, 1.54) is 4.90 Å². The van der Waals surface area contributed by atoms with E-state index in [0.717, 1.165) is 35.1 Å². The van der Waals surface area contributed by atoms with Crippen LogP contribution < -0.4 is 5.32 Å². The molecule has 7 heteroatoms. The standard InChI is InChI=1S/C23H24N2O5/c26-21(25-12-6-5-11-20(25)22(27)28)13-24-23(29)30-14-19-17-9-3-1-7-15(17)16-8-2-4-10-18(16)19/h1-4,7-10,19-20H,5-6,11-14H2,(H,24,29)(H,27,28). The fraction of sp³-hybridized carbons (Fsp3) is 0.348. The minimum atomic E-state index is -1.01. The number of amides is 2. The molecule has 156 valence electrons.